The Hall–Kier alpha value is -7.03. The van der Waals surface area contributed by atoms with Crippen LogP contribution in [0.4, 0.5) is 26.3 Å². The van der Waals surface area contributed by atoms with Crippen LogP contribution < -0.4 is 0 Å². The van der Waals surface area contributed by atoms with Gasteiger partial charge in [0.25, 0.3) is 0 Å². The van der Waals surface area contributed by atoms with Crippen molar-refractivity contribution in [1.82, 2.24) is 9.80 Å². The zero-order valence-corrected chi connectivity index (χ0v) is 39.8. The first-order valence-electron chi connectivity index (χ1n) is 23.3. The van der Waals surface area contributed by atoms with E-state index in [9.17, 15) is 36.2 Å². The Morgan fingerprint density at radius 3 is 1.35 bits per heavy atom. The molecule has 8 nitrogen and oxygen atoms in total. The Kier molecular flexibility index (Phi) is 17.0. The van der Waals surface area contributed by atoms with Crippen LogP contribution in [-0.4, -0.2) is 58.3 Å². The number of carbonyl (C=O) groups is 1. The number of rotatable bonds is 16. The highest BCUT2D eigenvalue weighted by molar-refractivity contribution is 5.98. The average Bonchev–Trinajstić information content (AvgIpc) is 3.82. The molecule has 370 valence electrons. The SMILES string of the molecule is C=C(O)C1CCN(Cc2ccc(/C(C)=N\OCc3ccc(-c4ccccc4)c(C(F)(F)F)c3)cc2)C1.CC(=O)C1CN(Cc2ccc(/C(C)=N\OCc3ccc(-c4ccccc4)c(C(F)(F)F)c3)cc2)C1. The number of alkyl halides is 6. The Bertz CT molecular complexity index is 2810. The molecule has 1 N–H and O–H groups in total. The molecule has 1 unspecified atom stereocenters. The minimum Gasteiger partial charge on any atom is -0.513 e. The maximum absolute atomic E-state index is 13.7. The summed E-state index contributed by atoms with van der Waals surface area (Å²) in [5, 5.41) is 17.8. The molecular weight excluding hydrogens is 919 g/mol. The van der Waals surface area contributed by atoms with E-state index in [4.69, 9.17) is 9.68 Å². The quantitative estimate of drug-likeness (QED) is 0.0450. The monoisotopic (exact) mass is 974 g/mol. The van der Waals surface area contributed by atoms with Crippen molar-refractivity contribution in [3.63, 3.8) is 0 Å². The molecular formula is C57H56F6N4O4. The summed E-state index contributed by atoms with van der Waals surface area (Å²) in [6.45, 7) is 13.6. The standard InChI is InChI=1S/C29H29F3N2O2.C28H27F3N2O2/c1-20(24-11-8-22(9-12-24)17-34-15-14-26(18-34)21(2)35)33-36-19-23-10-13-27(25-6-4-3-5-7-25)28(16-23)29(30,31)32;1-19(23-11-8-21(9-12-23)15-33-16-25(17-33)20(2)34)32-35-18-22-10-13-26(24-6-4-3-5-7-24)27(14-22)28(29,30)31/h3-13,16,26,35H,2,14-15,17-19H2,1H3;3-14,25H,15-18H2,1-2H3/b33-20-;32-19-. The first-order chi connectivity index (χ1) is 33.9. The lowest BCUT2D eigenvalue weighted by atomic mass is 9.95. The number of halogens is 6. The van der Waals surface area contributed by atoms with Crippen LogP contribution >= 0.6 is 0 Å². The molecule has 0 amide bonds. The number of aliphatic hydroxyl groups excluding tert-OH is 1. The molecule has 0 bridgehead atoms. The van der Waals surface area contributed by atoms with Crippen molar-refractivity contribution in [2.24, 2.45) is 22.1 Å². The van der Waals surface area contributed by atoms with Gasteiger partial charge in [-0.15, -0.1) is 0 Å². The predicted octanol–water partition coefficient (Wildman–Crippen LogP) is 13.5. The van der Waals surface area contributed by atoms with Gasteiger partial charge >= 0.3 is 12.4 Å². The van der Waals surface area contributed by atoms with Gasteiger partial charge in [-0.05, 0) is 102 Å². The Labute approximate surface area is 410 Å². The average molecular weight is 975 g/mol. The van der Waals surface area contributed by atoms with Crippen LogP contribution in [0, 0.1) is 11.8 Å². The van der Waals surface area contributed by atoms with Gasteiger partial charge in [-0.3, -0.25) is 14.6 Å². The number of hydrogen-bond acceptors (Lipinski definition) is 8. The number of hydrogen-bond donors (Lipinski definition) is 1. The van der Waals surface area contributed by atoms with Crippen molar-refractivity contribution in [2.45, 2.75) is 65.8 Å². The Morgan fingerprint density at radius 1 is 0.577 bits per heavy atom. The minimum absolute atomic E-state index is 0.0696. The van der Waals surface area contributed by atoms with E-state index >= 15 is 0 Å². The number of carbonyl (C=O) groups excluding carboxylic acids is 1. The fourth-order valence-corrected chi connectivity index (χ4v) is 8.51. The molecule has 0 spiro atoms. The van der Waals surface area contributed by atoms with Gasteiger partial charge in [-0.1, -0.05) is 150 Å². The highest BCUT2D eigenvalue weighted by Crippen LogP contribution is 2.39. The highest BCUT2D eigenvalue weighted by Gasteiger charge is 2.35. The molecule has 2 fully saturated rings. The summed E-state index contributed by atoms with van der Waals surface area (Å²) in [6, 6.07) is 41.3. The maximum atomic E-state index is 13.7. The lowest BCUT2D eigenvalue weighted by Crippen LogP contribution is -2.48. The topological polar surface area (TPSA) is 87.0 Å². The van der Waals surface area contributed by atoms with Gasteiger partial charge in [0.1, 0.15) is 19.0 Å². The zero-order chi connectivity index (χ0) is 50.7. The lowest BCUT2D eigenvalue weighted by Gasteiger charge is -2.37. The van der Waals surface area contributed by atoms with Crippen LogP contribution in [-0.2, 0) is 53.1 Å². The molecule has 6 aromatic rings. The van der Waals surface area contributed by atoms with Crippen LogP contribution in [0.25, 0.3) is 22.3 Å². The molecule has 0 aliphatic carbocycles. The third-order valence-electron chi connectivity index (χ3n) is 12.6. The molecule has 71 heavy (non-hydrogen) atoms. The molecule has 2 saturated heterocycles. The van der Waals surface area contributed by atoms with Crippen molar-refractivity contribution in [2.75, 3.05) is 26.2 Å². The van der Waals surface area contributed by atoms with Crippen molar-refractivity contribution >= 4 is 17.2 Å². The van der Waals surface area contributed by atoms with Crippen LogP contribution in [0.5, 0.6) is 0 Å². The second kappa shape index (κ2) is 23.3. The summed E-state index contributed by atoms with van der Waals surface area (Å²) in [5.41, 5.74) is 5.99. The Balaban J connectivity index is 0.000000209. The summed E-state index contributed by atoms with van der Waals surface area (Å²) in [4.78, 5) is 26.6. The van der Waals surface area contributed by atoms with Crippen LogP contribution in [0.15, 0.2) is 168 Å². The molecule has 14 heteroatoms. The van der Waals surface area contributed by atoms with E-state index in [2.05, 4.69) is 26.7 Å². The third-order valence-corrected chi connectivity index (χ3v) is 12.6. The number of Topliss-reactive ketones (excluding diaryl/α,β-unsaturated/α-hetero) is 1. The van der Waals surface area contributed by atoms with Crippen molar-refractivity contribution in [3.8, 4) is 22.3 Å². The van der Waals surface area contributed by atoms with Crippen molar-refractivity contribution in [3.05, 3.63) is 202 Å². The van der Waals surface area contributed by atoms with Crippen molar-refractivity contribution in [1.29, 1.82) is 0 Å². The first-order valence-corrected chi connectivity index (χ1v) is 23.3. The van der Waals surface area contributed by atoms with Crippen LogP contribution in [0.3, 0.4) is 0 Å². The molecule has 0 radical (unpaired) electrons. The predicted molar refractivity (Wildman–Crippen MR) is 265 cm³/mol. The van der Waals surface area contributed by atoms with Gasteiger partial charge in [-0.25, -0.2) is 0 Å². The second-order valence-corrected chi connectivity index (χ2v) is 18.0. The molecule has 2 aliphatic heterocycles. The van der Waals surface area contributed by atoms with Gasteiger partial charge < -0.3 is 14.8 Å². The van der Waals surface area contributed by atoms with Gasteiger partial charge in [-0.2, -0.15) is 26.3 Å². The molecule has 0 saturated carbocycles. The van der Waals surface area contributed by atoms with E-state index in [-0.39, 0.29) is 47.7 Å². The number of oxime groups is 2. The van der Waals surface area contributed by atoms with Gasteiger partial charge in [0.2, 0.25) is 0 Å². The van der Waals surface area contributed by atoms with Crippen LogP contribution in [0.2, 0.25) is 0 Å². The number of likely N-dealkylation sites (tertiary alicyclic amines) is 2. The maximum Gasteiger partial charge on any atom is 0.417 e. The summed E-state index contributed by atoms with van der Waals surface area (Å²) in [5.74, 6) is 0.784. The number of aliphatic hydroxyl groups is 1. The molecule has 8 rings (SSSR count). The normalized spacial score (nSPS) is 15.9. The lowest BCUT2D eigenvalue weighted by molar-refractivity contribution is -0.138. The Morgan fingerprint density at radius 2 is 0.972 bits per heavy atom. The first kappa shape index (κ1) is 51.8. The van der Waals surface area contributed by atoms with Gasteiger partial charge in [0.05, 0.1) is 28.3 Å². The van der Waals surface area contributed by atoms with E-state index in [1.807, 2.05) is 48.5 Å². The highest BCUT2D eigenvalue weighted by atomic mass is 19.4. The second-order valence-electron chi connectivity index (χ2n) is 18.0. The zero-order valence-electron chi connectivity index (χ0n) is 39.8. The molecule has 0 aromatic heterocycles. The summed E-state index contributed by atoms with van der Waals surface area (Å²) in [6.07, 6.45) is -8.05. The van der Waals surface area contributed by atoms with Crippen molar-refractivity contribution < 1.29 is 45.9 Å². The molecule has 1 atom stereocenters. The molecule has 2 aliphatic rings. The molecule has 2 heterocycles. The van der Waals surface area contributed by atoms with E-state index in [0.717, 1.165) is 80.1 Å². The number of ketones is 1. The van der Waals surface area contributed by atoms with E-state index in [0.29, 0.717) is 33.7 Å². The van der Waals surface area contributed by atoms with Crippen LogP contribution in [0.1, 0.15) is 71.7 Å². The number of benzene rings is 6. The fourth-order valence-electron chi connectivity index (χ4n) is 8.51. The summed E-state index contributed by atoms with van der Waals surface area (Å²) < 4.78 is 82.2. The van der Waals surface area contributed by atoms with Gasteiger partial charge in [0, 0.05) is 44.6 Å². The van der Waals surface area contributed by atoms with Gasteiger partial charge in [0.15, 0.2) is 0 Å². The van der Waals surface area contributed by atoms with E-state index in [1.54, 1.807) is 93.6 Å². The van der Waals surface area contributed by atoms with E-state index < -0.39 is 23.5 Å². The third kappa shape index (κ3) is 14.3. The largest absolute Gasteiger partial charge is 0.513 e. The summed E-state index contributed by atoms with van der Waals surface area (Å²) in [7, 11) is 0. The fraction of sp³-hybridized carbons (Fsp3) is 0.281. The molecule has 6 aromatic carbocycles. The summed E-state index contributed by atoms with van der Waals surface area (Å²) >= 11 is 0. The van der Waals surface area contributed by atoms with E-state index in [1.165, 1.54) is 12.1 Å². The minimum atomic E-state index is -4.48. The smallest absolute Gasteiger partial charge is 0.417 e. The number of nitrogens with zero attached hydrogens (tertiary/aromatic N) is 4.